The summed E-state index contributed by atoms with van der Waals surface area (Å²) in [5, 5.41) is 6.45. The smallest absolute Gasteiger partial charge is 0.261 e. The number of carbonyl (C=O) groups is 8. The average Bonchev–Trinajstić information content (AvgIpc) is 0.757. The molecule has 16 rings (SSSR count). The second-order valence-electron chi connectivity index (χ2n) is 30.5. The Bertz CT molecular complexity index is 4150. The van der Waals surface area contributed by atoms with E-state index in [9.17, 15) is 38.4 Å². The van der Waals surface area contributed by atoms with E-state index in [1.54, 1.807) is 0 Å². The van der Waals surface area contributed by atoms with Gasteiger partial charge in [-0.05, 0) is 179 Å². The number of unbranched alkanes of at least 4 members (excludes halogenated alkanes) is 1. The maximum Gasteiger partial charge on any atom is 0.261 e. The molecular weight excluding hydrogens is 1330 g/mol. The van der Waals surface area contributed by atoms with E-state index >= 15 is 0 Å². The molecule has 8 heterocycles. The Balaban J connectivity index is 0.623. The Hall–Kier alpha value is -9.68. The van der Waals surface area contributed by atoms with Gasteiger partial charge in [0.1, 0.15) is 0 Å². The quantitative estimate of drug-likeness (QED) is 0.0391. The van der Waals surface area contributed by atoms with E-state index in [0.717, 1.165) is 162 Å². The molecule has 0 atom stereocenters. The molecule has 0 aliphatic carbocycles. The molecule has 0 unspecified atom stereocenters. The molecule has 8 aromatic rings. The van der Waals surface area contributed by atoms with Gasteiger partial charge in [-0.15, -0.1) is 0 Å². The van der Waals surface area contributed by atoms with Crippen molar-refractivity contribution in [2.45, 2.75) is 38.5 Å². The third kappa shape index (κ3) is 13.2. The highest BCUT2D eigenvalue weighted by atomic mass is 16.2. The molecule has 0 spiro atoms. The Labute approximate surface area is 619 Å². The van der Waals surface area contributed by atoms with Crippen LogP contribution >= 0.6 is 0 Å². The molecule has 0 saturated carbocycles. The largest absolute Gasteiger partial charge is 0.368 e. The van der Waals surface area contributed by atoms with Crippen LogP contribution < -0.4 is 19.6 Å². The van der Waals surface area contributed by atoms with E-state index < -0.39 is 0 Å². The van der Waals surface area contributed by atoms with Gasteiger partial charge in [-0.25, -0.2) is 0 Å². The van der Waals surface area contributed by atoms with E-state index in [-0.39, 0.29) is 73.4 Å². The number of carbonyl (C=O) groups excluding carboxylic acids is 8. The number of rotatable bonds is 25. The molecule has 0 N–H and O–H groups in total. The Morgan fingerprint density at radius 1 is 0.236 bits per heavy atom. The van der Waals surface area contributed by atoms with Crippen LogP contribution in [0.25, 0.3) is 43.1 Å². The predicted octanol–water partition coefficient (Wildman–Crippen LogP) is 8.74. The highest BCUT2D eigenvalue weighted by Gasteiger charge is 2.39. The summed E-state index contributed by atoms with van der Waals surface area (Å²) in [5.41, 5.74) is 8.29. The Morgan fingerprint density at radius 3 is 0.632 bits per heavy atom. The van der Waals surface area contributed by atoms with Crippen molar-refractivity contribution in [1.29, 1.82) is 0 Å². The lowest BCUT2D eigenvalue weighted by molar-refractivity contribution is 0.0578. The number of nitrogens with zero attached hydrogens (tertiary/aromatic N) is 14. The molecular formula is C84H96N14O8. The zero-order valence-corrected chi connectivity index (χ0v) is 61.7. The van der Waals surface area contributed by atoms with Crippen molar-refractivity contribution in [1.82, 2.24) is 49.0 Å². The molecule has 8 amide bonds. The number of hydrogen-bond donors (Lipinski definition) is 0. The molecule has 0 bridgehead atoms. The second kappa shape index (κ2) is 29.9. The first-order valence-electron chi connectivity index (χ1n) is 38.4. The van der Waals surface area contributed by atoms with Crippen LogP contribution in [0.2, 0.25) is 0 Å². The molecule has 8 aliphatic rings. The van der Waals surface area contributed by atoms with Crippen molar-refractivity contribution in [3.63, 3.8) is 0 Å². The van der Waals surface area contributed by atoms with Crippen LogP contribution in [-0.4, -0.2) is 295 Å². The van der Waals surface area contributed by atoms with E-state index in [0.29, 0.717) is 131 Å². The van der Waals surface area contributed by atoms with Crippen molar-refractivity contribution in [2.75, 3.05) is 218 Å². The third-order valence-corrected chi connectivity index (χ3v) is 23.9. The van der Waals surface area contributed by atoms with E-state index in [1.165, 1.54) is 19.6 Å². The minimum atomic E-state index is -0.309. The minimum Gasteiger partial charge on any atom is -0.368 e. The van der Waals surface area contributed by atoms with Gasteiger partial charge in [-0.2, -0.15) is 0 Å². The monoisotopic (exact) mass is 1430 g/mol. The van der Waals surface area contributed by atoms with Crippen molar-refractivity contribution < 1.29 is 38.4 Å². The summed E-state index contributed by atoms with van der Waals surface area (Å²) in [6.07, 6.45) is 3.39. The number of hydrogen-bond acceptors (Lipinski definition) is 18. The zero-order valence-electron chi connectivity index (χ0n) is 61.7. The van der Waals surface area contributed by atoms with Crippen LogP contribution in [0, 0.1) is 0 Å². The summed E-state index contributed by atoms with van der Waals surface area (Å²) >= 11 is 0. The number of amides is 8. The van der Waals surface area contributed by atoms with Gasteiger partial charge in [0.25, 0.3) is 47.3 Å². The average molecular weight is 1430 g/mol. The van der Waals surface area contributed by atoms with Crippen LogP contribution in [0.1, 0.15) is 121 Å². The number of anilines is 4. The first-order chi connectivity index (χ1) is 51.6. The minimum absolute atomic E-state index is 0.193. The molecule has 22 nitrogen and oxygen atoms in total. The Morgan fingerprint density at radius 2 is 0.425 bits per heavy atom. The van der Waals surface area contributed by atoms with Gasteiger partial charge in [-0.3, -0.25) is 58.0 Å². The van der Waals surface area contributed by atoms with Gasteiger partial charge < -0.3 is 49.0 Å². The molecule has 550 valence electrons. The maximum absolute atomic E-state index is 14.6. The fraction of sp³-hybridized carbons (Fsp3) is 0.429. The summed E-state index contributed by atoms with van der Waals surface area (Å²) < 4.78 is 0. The molecule has 8 aromatic carbocycles. The fourth-order valence-electron chi connectivity index (χ4n) is 17.8. The van der Waals surface area contributed by atoms with Crippen LogP contribution in [0.3, 0.4) is 0 Å². The summed E-state index contributed by atoms with van der Waals surface area (Å²) in [6, 6.07) is 38.7. The molecule has 0 radical (unpaired) electrons. The van der Waals surface area contributed by atoms with Gasteiger partial charge >= 0.3 is 0 Å². The lowest BCUT2D eigenvalue weighted by atomic mass is 9.92. The highest BCUT2D eigenvalue weighted by Crippen LogP contribution is 2.42. The second-order valence-corrected chi connectivity index (χ2v) is 30.5. The van der Waals surface area contributed by atoms with Crippen LogP contribution in [0.5, 0.6) is 0 Å². The van der Waals surface area contributed by atoms with Crippen LogP contribution in [0.4, 0.5) is 22.7 Å². The predicted molar refractivity (Wildman–Crippen MR) is 417 cm³/mol. The van der Waals surface area contributed by atoms with Gasteiger partial charge in [0.05, 0.1) is 0 Å². The van der Waals surface area contributed by atoms with Crippen LogP contribution in [-0.2, 0) is 0 Å². The van der Waals surface area contributed by atoms with Crippen molar-refractivity contribution in [3.8, 4) is 0 Å². The molecule has 8 aliphatic heterocycles. The number of benzene rings is 8. The number of piperazine rings is 4. The SMILES string of the molecule is CN1CCN(c2ccc3c4c(cccc24)C(=O)N(CCCN(CCCCN(CCCN2C(=O)c4cccc5c(N6CCN(C)CC6)ccc(c45)C2=O)CCCN2C(=O)c4cccc5c(N6CCN(C)CC6)ccc(c45)C2=O)CCCN2C(=O)c4cccc5c(N6CCN(C)CC6)ccc(c45)C2=O)C3=O)CC1. The molecule has 0 aromatic heterocycles. The highest BCUT2D eigenvalue weighted by molar-refractivity contribution is 6.30. The van der Waals surface area contributed by atoms with Gasteiger partial charge in [0.15, 0.2) is 0 Å². The lowest BCUT2D eigenvalue weighted by Crippen LogP contribution is -2.45. The first-order valence-corrected chi connectivity index (χ1v) is 38.4. The molecule has 4 fully saturated rings. The van der Waals surface area contributed by atoms with E-state index in [2.05, 4.69) is 77.2 Å². The summed E-state index contributed by atoms with van der Waals surface area (Å²) in [4.78, 5) is 146. The van der Waals surface area contributed by atoms with Crippen LogP contribution in [0.15, 0.2) is 121 Å². The van der Waals surface area contributed by atoms with Gasteiger partial charge in [0, 0.05) is 241 Å². The molecule has 22 heteroatoms. The van der Waals surface area contributed by atoms with Crippen molar-refractivity contribution in [2.24, 2.45) is 0 Å². The molecule has 4 saturated heterocycles. The summed E-state index contributed by atoms with van der Waals surface area (Å²) in [5.74, 6) is -2.47. The summed E-state index contributed by atoms with van der Waals surface area (Å²) in [7, 11) is 8.48. The van der Waals surface area contributed by atoms with Gasteiger partial charge in [-0.1, -0.05) is 48.5 Å². The number of likely N-dealkylation sites (N-methyl/N-ethyl adjacent to an activating group) is 4. The normalized spacial score (nSPS) is 18.6. The van der Waals surface area contributed by atoms with Gasteiger partial charge in [0.2, 0.25) is 0 Å². The standard InChI is InChI=1S/C84H96N14O8/c1-85-41-49-91(50-42-85)69-27-23-65-73-57(69)15-7-19-61(73)77(99)95(81(65)103)37-11-33-89(34-12-38-96-78(100)62-20-8-16-58-70(92-51-43-86(2)44-52-92)28-24-66(74(58)62)82(96)104)31-5-6-32-90(35-13-39-97-79(101)63-21-9-17-59-71(93-53-45-87(3)46-54-93)29-25-67(75(59)63)83(97)105)36-14-40-98-80(102)64-22-10-18-60-72(94-55-47-88(4)48-56-94)30-26-68(76(60)64)84(98)106/h7-10,15-30H,5-6,11-14,31-56H2,1-4H3. The van der Waals surface area contributed by atoms with Crippen molar-refractivity contribution in [3.05, 3.63) is 166 Å². The summed E-state index contributed by atoms with van der Waals surface area (Å²) in [6.45, 7) is 18.3. The number of imide groups is 4. The fourth-order valence-corrected chi connectivity index (χ4v) is 17.8. The topological polar surface area (TPSA) is 182 Å². The first kappa shape index (κ1) is 70.6. The van der Waals surface area contributed by atoms with E-state index in [1.807, 2.05) is 121 Å². The van der Waals surface area contributed by atoms with E-state index in [4.69, 9.17) is 0 Å². The lowest BCUT2D eigenvalue weighted by Gasteiger charge is -2.36. The third-order valence-electron chi connectivity index (χ3n) is 23.9. The van der Waals surface area contributed by atoms with Crippen molar-refractivity contribution >= 4 is 113 Å². The zero-order chi connectivity index (χ0) is 73.0. The molecule has 106 heavy (non-hydrogen) atoms. The Kier molecular flexibility index (Phi) is 19.9. The maximum atomic E-state index is 14.6.